The van der Waals surface area contributed by atoms with Crippen molar-refractivity contribution in [3.63, 3.8) is 0 Å². The van der Waals surface area contributed by atoms with Crippen LogP contribution in [0.5, 0.6) is 5.75 Å². The van der Waals surface area contributed by atoms with Crippen LogP contribution in [-0.2, 0) is 0 Å². The standard InChI is InChI=1S/C11H13FN2O2/c12-7-1-2-10(15)9(5-7)11(16)14-4-3-8(13)6-14/h1-2,5,8,15H,3-4,6,13H2/t8-/m1/s1. The molecule has 0 radical (unpaired) electrons. The number of rotatable bonds is 1. The third-order valence-corrected chi connectivity index (χ3v) is 2.70. The van der Waals surface area contributed by atoms with Crippen molar-refractivity contribution in [3.8, 4) is 5.75 Å². The van der Waals surface area contributed by atoms with E-state index in [4.69, 9.17) is 5.73 Å². The number of aromatic hydroxyl groups is 1. The maximum absolute atomic E-state index is 13.0. The second-order valence-electron chi connectivity index (χ2n) is 3.96. The zero-order valence-corrected chi connectivity index (χ0v) is 8.69. The van der Waals surface area contributed by atoms with E-state index in [1.54, 1.807) is 0 Å². The molecule has 16 heavy (non-hydrogen) atoms. The summed E-state index contributed by atoms with van der Waals surface area (Å²) in [7, 11) is 0. The molecule has 0 unspecified atom stereocenters. The van der Waals surface area contributed by atoms with Crippen LogP contribution in [0, 0.1) is 5.82 Å². The van der Waals surface area contributed by atoms with Gasteiger partial charge in [0, 0.05) is 19.1 Å². The first-order chi connectivity index (χ1) is 7.58. The van der Waals surface area contributed by atoms with Crippen LogP contribution in [0.25, 0.3) is 0 Å². The van der Waals surface area contributed by atoms with E-state index in [2.05, 4.69) is 0 Å². The highest BCUT2D eigenvalue weighted by Crippen LogP contribution is 2.21. The summed E-state index contributed by atoms with van der Waals surface area (Å²) in [5.74, 6) is -1.11. The van der Waals surface area contributed by atoms with Gasteiger partial charge in [0.2, 0.25) is 0 Å². The Morgan fingerprint density at radius 1 is 1.56 bits per heavy atom. The molecule has 1 aromatic rings. The van der Waals surface area contributed by atoms with E-state index in [-0.39, 0.29) is 23.3 Å². The Kier molecular flexibility index (Phi) is 2.78. The zero-order chi connectivity index (χ0) is 11.7. The number of amides is 1. The van der Waals surface area contributed by atoms with Gasteiger partial charge >= 0.3 is 0 Å². The van der Waals surface area contributed by atoms with Crippen molar-refractivity contribution in [2.75, 3.05) is 13.1 Å². The summed E-state index contributed by atoms with van der Waals surface area (Å²) >= 11 is 0. The number of benzene rings is 1. The van der Waals surface area contributed by atoms with E-state index in [0.29, 0.717) is 13.1 Å². The van der Waals surface area contributed by atoms with E-state index in [1.807, 2.05) is 0 Å². The number of hydrogen-bond acceptors (Lipinski definition) is 3. The zero-order valence-electron chi connectivity index (χ0n) is 8.69. The molecular formula is C11H13FN2O2. The van der Waals surface area contributed by atoms with Crippen molar-refractivity contribution < 1.29 is 14.3 Å². The lowest BCUT2D eigenvalue weighted by Crippen LogP contribution is -2.31. The van der Waals surface area contributed by atoms with Crippen LogP contribution < -0.4 is 5.73 Å². The van der Waals surface area contributed by atoms with Gasteiger partial charge in [-0.2, -0.15) is 0 Å². The van der Waals surface area contributed by atoms with Gasteiger partial charge in [-0.25, -0.2) is 4.39 Å². The number of hydrogen-bond donors (Lipinski definition) is 2. The topological polar surface area (TPSA) is 66.6 Å². The molecule has 1 aliphatic heterocycles. The molecule has 1 amide bonds. The monoisotopic (exact) mass is 224 g/mol. The van der Waals surface area contributed by atoms with Gasteiger partial charge in [0.1, 0.15) is 11.6 Å². The van der Waals surface area contributed by atoms with Crippen molar-refractivity contribution in [1.29, 1.82) is 0 Å². The number of halogens is 1. The second kappa shape index (κ2) is 4.09. The number of nitrogens with two attached hydrogens (primary N) is 1. The highest BCUT2D eigenvalue weighted by atomic mass is 19.1. The molecule has 2 rings (SSSR count). The molecule has 0 saturated carbocycles. The lowest BCUT2D eigenvalue weighted by molar-refractivity contribution is 0.0787. The smallest absolute Gasteiger partial charge is 0.257 e. The molecule has 1 aromatic carbocycles. The van der Waals surface area contributed by atoms with Gasteiger partial charge < -0.3 is 15.7 Å². The Labute approximate surface area is 92.5 Å². The third-order valence-electron chi connectivity index (χ3n) is 2.70. The summed E-state index contributed by atoms with van der Waals surface area (Å²) in [6.45, 7) is 1.00. The third kappa shape index (κ3) is 1.99. The van der Waals surface area contributed by atoms with E-state index in [0.717, 1.165) is 18.6 Å². The largest absolute Gasteiger partial charge is 0.507 e. The minimum absolute atomic E-state index is 0.00546. The number of carbonyl (C=O) groups is 1. The second-order valence-corrected chi connectivity index (χ2v) is 3.96. The van der Waals surface area contributed by atoms with Gasteiger partial charge in [0.05, 0.1) is 5.56 Å². The predicted molar refractivity (Wildman–Crippen MR) is 56.6 cm³/mol. The van der Waals surface area contributed by atoms with Crippen molar-refractivity contribution in [3.05, 3.63) is 29.6 Å². The minimum atomic E-state index is -0.537. The molecule has 0 aliphatic carbocycles. The fourth-order valence-electron chi connectivity index (χ4n) is 1.82. The van der Waals surface area contributed by atoms with Gasteiger partial charge in [0.15, 0.2) is 0 Å². The van der Waals surface area contributed by atoms with Crippen LogP contribution in [0.3, 0.4) is 0 Å². The molecule has 0 bridgehead atoms. The molecule has 1 aliphatic rings. The minimum Gasteiger partial charge on any atom is -0.507 e. The average molecular weight is 224 g/mol. The highest BCUT2D eigenvalue weighted by Gasteiger charge is 2.26. The summed E-state index contributed by atoms with van der Waals surface area (Å²) in [6, 6.07) is 3.31. The average Bonchev–Trinajstić information content (AvgIpc) is 2.67. The first-order valence-corrected chi connectivity index (χ1v) is 5.11. The molecule has 1 atom stereocenters. The number of nitrogens with zero attached hydrogens (tertiary/aromatic N) is 1. The molecule has 1 fully saturated rings. The van der Waals surface area contributed by atoms with Crippen LogP contribution >= 0.6 is 0 Å². The number of phenols is 1. The molecule has 1 heterocycles. The maximum Gasteiger partial charge on any atom is 0.257 e. The summed E-state index contributed by atoms with van der Waals surface area (Å²) in [5.41, 5.74) is 5.67. The number of likely N-dealkylation sites (tertiary alicyclic amines) is 1. The van der Waals surface area contributed by atoms with Crippen molar-refractivity contribution in [2.24, 2.45) is 5.73 Å². The van der Waals surface area contributed by atoms with Crippen molar-refractivity contribution in [1.82, 2.24) is 4.90 Å². The molecule has 86 valence electrons. The van der Waals surface area contributed by atoms with Gasteiger partial charge in [-0.15, -0.1) is 0 Å². The van der Waals surface area contributed by atoms with Gasteiger partial charge in [-0.1, -0.05) is 0 Å². The molecule has 0 spiro atoms. The molecule has 1 saturated heterocycles. The van der Waals surface area contributed by atoms with Crippen LogP contribution in [-0.4, -0.2) is 35.0 Å². The van der Waals surface area contributed by atoms with Gasteiger partial charge in [-0.05, 0) is 24.6 Å². The SMILES string of the molecule is N[C@@H]1CCN(C(=O)c2cc(F)ccc2O)C1. The first kappa shape index (κ1) is 10.9. The van der Waals surface area contributed by atoms with Crippen LogP contribution in [0.15, 0.2) is 18.2 Å². The fourth-order valence-corrected chi connectivity index (χ4v) is 1.82. The maximum atomic E-state index is 13.0. The van der Waals surface area contributed by atoms with E-state index in [1.165, 1.54) is 11.0 Å². The summed E-state index contributed by atoms with van der Waals surface area (Å²) in [5, 5.41) is 9.49. The Hall–Kier alpha value is -1.62. The first-order valence-electron chi connectivity index (χ1n) is 5.11. The molecular weight excluding hydrogens is 211 g/mol. The Bertz CT molecular complexity index is 422. The summed E-state index contributed by atoms with van der Waals surface area (Å²) in [4.78, 5) is 13.4. The van der Waals surface area contributed by atoms with E-state index >= 15 is 0 Å². The summed E-state index contributed by atoms with van der Waals surface area (Å²) in [6.07, 6.45) is 0.738. The van der Waals surface area contributed by atoms with Crippen LogP contribution in [0.1, 0.15) is 16.8 Å². The Balaban J connectivity index is 2.23. The summed E-state index contributed by atoms with van der Waals surface area (Å²) < 4.78 is 13.0. The Morgan fingerprint density at radius 2 is 2.31 bits per heavy atom. The van der Waals surface area contributed by atoms with Crippen LogP contribution in [0.2, 0.25) is 0 Å². The van der Waals surface area contributed by atoms with Crippen molar-refractivity contribution >= 4 is 5.91 Å². The van der Waals surface area contributed by atoms with Gasteiger partial charge in [0.25, 0.3) is 5.91 Å². The fraction of sp³-hybridized carbons (Fsp3) is 0.364. The predicted octanol–water partition coefficient (Wildman–Crippen LogP) is 0.704. The lowest BCUT2D eigenvalue weighted by Gasteiger charge is -2.16. The number of carbonyl (C=O) groups excluding carboxylic acids is 1. The molecule has 0 aromatic heterocycles. The van der Waals surface area contributed by atoms with Crippen molar-refractivity contribution in [2.45, 2.75) is 12.5 Å². The highest BCUT2D eigenvalue weighted by molar-refractivity contribution is 5.97. The quantitative estimate of drug-likeness (QED) is 0.738. The van der Waals surface area contributed by atoms with Crippen LogP contribution in [0.4, 0.5) is 4.39 Å². The van der Waals surface area contributed by atoms with E-state index in [9.17, 15) is 14.3 Å². The number of phenolic OH excluding ortho intramolecular Hbond substituents is 1. The Morgan fingerprint density at radius 3 is 2.94 bits per heavy atom. The molecule has 4 nitrogen and oxygen atoms in total. The lowest BCUT2D eigenvalue weighted by atomic mass is 10.1. The normalized spacial score (nSPS) is 20.1. The molecule has 3 N–H and O–H groups in total. The van der Waals surface area contributed by atoms with E-state index < -0.39 is 5.82 Å². The van der Waals surface area contributed by atoms with Gasteiger partial charge in [-0.3, -0.25) is 4.79 Å². The molecule has 5 heteroatoms.